The number of nitrogens with zero attached hydrogens (tertiary/aromatic N) is 4. The molecule has 8 nitrogen and oxygen atoms in total. The third-order valence-electron chi connectivity index (χ3n) is 8.65. The molecule has 0 aliphatic carbocycles. The molecular weight excluding hydrogens is 552 g/mol. The Morgan fingerprint density at radius 1 is 0.318 bits per heavy atom. The lowest BCUT2D eigenvalue weighted by Gasteiger charge is -2.06. The van der Waals surface area contributed by atoms with E-state index < -0.39 is 12.1 Å². The molecule has 0 fully saturated rings. The number of aromatic nitrogens is 4. The maximum absolute atomic E-state index is 14.3. The van der Waals surface area contributed by atoms with Crippen LogP contribution in [-0.2, 0) is 0 Å². The summed E-state index contributed by atoms with van der Waals surface area (Å²) in [6.45, 7) is 0. The molecule has 208 valence electrons. The van der Waals surface area contributed by atoms with Crippen LogP contribution in [0.3, 0.4) is 0 Å². The van der Waals surface area contributed by atoms with Crippen LogP contribution in [0.15, 0.2) is 122 Å². The topological polar surface area (TPSA) is 88.0 Å². The SMILES string of the molecule is O=C1c2cn(c3ccccc23)C(=O)n2cc(c3ccccc32)C(=O)c2cn(c3ccccc23)C(=O)n2cc1c1ccccc12. The van der Waals surface area contributed by atoms with E-state index >= 15 is 0 Å². The summed E-state index contributed by atoms with van der Waals surface area (Å²) in [6.07, 6.45) is 6.21. The van der Waals surface area contributed by atoms with Crippen molar-refractivity contribution in [1.29, 1.82) is 0 Å². The van der Waals surface area contributed by atoms with Gasteiger partial charge in [-0.1, -0.05) is 72.8 Å². The third kappa shape index (κ3) is 3.11. The molecule has 0 N–H and O–H groups in total. The molecule has 9 rings (SSSR count). The maximum Gasteiger partial charge on any atom is 0.337 e. The highest BCUT2D eigenvalue weighted by Crippen LogP contribution is 2.33. The van der Waals surface area contributed by atoms with E-state index in [9.17, 15) is 19.2 Å². The minimum atomic E-state index is -0.428. The van der Waals surface area contributed by atoms with Crippen molar-refractivity contribution in [3.63, 3.8) is 0 Å². The molecule has 5 heterocycles. The van der Waals surface area contributed by atoms with Gasteiger partial charge in [-0.2, -0.15) is 0 Å². The molecule has 1 aliphatic rings. The molecule has 4 aromatic carbocycles. The van der Waals surface area contributed by atoms with Crippen LogP contribution in [0.2, 0.25) is 0 Å². The van der Waals surface area contributed by atoms with Crippen molar-refractivity contribution in [3.05, 3.63) is 144 Å². The quantitative estimate of drug-likeness (QED) is 0.191. The first-order valence-electron chi connectivity index (χ1n) is 14.1. The van der Waals surface area contributed by atoms with Crippen molar-refractivity contribution in [1.82, 2.24) is 18.3 Å². The molecule has 8 aromatic rings. The van der Waals surface area contributed by atoms with E-state index in [1.54, 1.807) is 73.3 Å². The van der Waals surface area contributed by atoms with Gasteiger partial charge >= 0.3 is 12.1 Å². The van der Waals surface area contributed by atoms with Crippen LogP contribution < -0.4 is 0 Å². The fraction of sp³-hybridized carbons (Fsp3) is 0. The lowest BCUT2D eigenvalue weighted by Crippen LogP contribution is -2.18. The van der Waals surface area contributed by atoms with Crippen LogP contribution in [0.4, 0.5) is 9.59 Å². The van der Waals surface area contributed by atoms with Crippen LogP contribution in [0.25, 0.3) is 43.6 Å². The standard InChI is InChI=1S/C36H20N4O4/c41-33-25-17-37(29-13-5-1-9-21(25)29)35(43)38-19-27(23-11-3-7-15-31(23)38)34(42)28-20-40(32-16-8-4-12-24(28)32)36(44)39-18-26(33)22-10-2-6-14-30(22)39/h1-20H. The first-order valence-corrected chi connectivity index (χ1v) is 14.1. The zero-order valence-corrected chi connectivity index (χ0v) is 23.0. The molecule has 44 heavy (non-hydrogen) atoms. The molecule has 0 amide bonds. The highest BCUT2D eigenvalue weighted by molar-refractivity contribution is 6.25. The third-order valence-corrected chi connectivity index (χ3v) is 8.65. The Balaban J connectivity index is 1.43. The van der Waals surface area contributed by atoms with Gasteiger partial charge in [-0.25, -0.2) is 9.59 Å². The molecule has 0 radical (unpaired) electrons. The van der Waals surface area contributed by atoms with E-state index in [0.29, 0.717) is 65.9 Å². The summed E-state index contributed by atoms with van der Waals surface area (Å²) >= 11 is 0. The van der Waals surface area contributed by atoms with Crippen LogP contribution in [0.5, 0.6) is 0 Å². The molecule has 0 saturated heterocycles. The number of hydrogen-bond donors (Lipinski definition) is 0. The second-order valence-corrected chi connectivity index (χ2v) is 10.9. The zero-order valence-electron chi connectivity index (χ0n) is 23.0. The summed E-state index contributed by atoms with van der Waals surface area (Å²) in [5.41, 5.74) is 3.54. The van der Waals surface area contributed by atoms with Gasteiger partial charge in [-0.3, -0.25) is 27.9 Å². The predicted octanol–water partition coefficient (Wildman–Crippen LogP) is 7.31. The maximum atomic E-state index is 14.3. The van der Waals surface area contributed by atoms with Crippen molar-refractivity contribution in [2.75, 3.05) is 0 Å². The largest absolute Gasteiger partial charge is 0.337 e. The number of rotatable bonds is 0. The number of benzene rings is 4. The lowest BCUT2D eigenvalue weighted by molar-refractivity contribution is 0.103. The number of carbonyl (C=O) groups excluding carboxylic acids is 4. The van der Waals surface area contributed by atoms with Gasteiger partial charge in [0.2, 0.25) is 0 Å². The second-order valence-electron chi connectivity index (χ2n) is 10.9. The van der Waals surface area contributed by atoms with E-state index in [1.165, 1.54) is 18.3 Å². The summed E-state index contributed by atoms with van der Waals surface area (Å²) in [6, 6.07) is 28.0. The van der Waals surface area contributed by atoms with E-state index in [-0.39, 0.29) is 11.6 Å². The van der Waals surface area contributed by atoms with Crippen LogP contribution >= 0.6 is 0 Å². The number of fused-ring (bicyclic) bond motifs is 20. The molecule has 0 spiro atoms. The Labute approximate surface area is 248 Å². The van der Waals surface area contributed by atoms with Gasteiger partial charge in [0.25, 0.3) is 0 Å². The summed E-state index contributed by atoms with van der Waals surface area (Å²) in [7, 11) is 0. The Bertz CT molecular complexity index is 2070. The summed E-state index contributed by atoms with van der Waals surface area (Å²) in [4.78, 5) is 57.3. The smallest absolute Gasteiger partial charge is 0.288 e. The average molecular weight is 573 g/mol. The first kappa shape index (κ1) is 24.3. The first-order chi connectivity index (χ1) is 21.5. The Kier molecular flexibility index (Phi) is 4.77. The normalized spacial score (nSPS) is 13.6. The fourth-order valence-electron chi connectivity index (χ4n) is 6.60. The van der Waals surface area contributed by atoms with Gasteiger partial charge in [-0.15, -0.1) is 0 Å². The van der Waals surface area contributed by atoms with Gasteiger partial charge in [-0.05, 0) is 24.3 Å². The van der Waals surface area contributed by atoms with Crippen LogP contribution in [0.1, 0.15) is 31.8 Å². The van der Waals surface area contributed by atoms with Crippen molar-refractivity contribution >= 4 is 67.2 Å². The molecule has 8 bridgehead atoms. The zero-order chi connectivity index (χ0) is 29.7. The van der Waals surface area contributed by atoms with Crippen LogP contribution in [-0.4, -0.2) is 41.9 Å². The van der Waals surface area contributed by atoms with Crippen LogP contribution in [0, 0.1) is 0 Å². The monoisotopic (exact) mass is 572 g/mol. The van der Waals surface area contributed by atoms with Gasteiger partial charge in [0, 0.05) is 68.6 Å². The molecule has 4 aromatic heterocycles. The minimum Gasteiger partial charge on any atom is -0.288 e. The molecule has 1 aliphatic heterocycles. The lowest BCUT2D eigenvalue weighted by atomic mass is 10.0. The number of ketones is 2. The Hall–Kier alpha value is -6.28. The summed E-state index contributed by atoms with van der Waals surface area (Å²) in [5.74, 6) is -0.622. The average Bonchev–Trinajstić information content (AvgIpc) is 3.84. The van der Waals surface area contributed by atoms with E-state index in [2.05, 4.69) is 0 Å². The van der Waals surface area contributed by atoms with Crippen molar-refractivity contribution in [3.8, 4) is 0 Å². The van der Waals surface area contributed by atoms with Gasteiger partial charge in [0.05, 0.1) is 22.1 Å². The Morgan fingerprint density at radius 3 is 0.795 bits per heavy atom. The van der Waals surface area contributed by atoms with E-state index in [0.717, 1.165) is 0 Å². The Morgan fingerprint density at radius 2 is 0.545 bits per heavy atom. The van der Waals surface area contributed by atoms with Crippen molar-refractivity contribution in [2.45, 2.75) is 0 Å². The minimum absolute atomic E-state index is 0.311. The molecule has 0 saturated carbocycles. The van der Waals surface area contributed by atoms with E-state index in [1.807, 2.05) is 48.5 Å². The molecule has 0 unspecified atom stereocenters. The molecular formula is C36H20N4O4. The van der Waals surface area contributed by atoms with Gasteiger partial charge in [0.1, 0.15) is 0 Å². The summed E-state index contributed by atoms with van der Waals surface area (Å²) in [5, 5.41) is 2.41. The molecule has 0 atom stereocenters. The highest BCUT2D eigenvalue weighted by atomic mass is 16.2. The van der Waals surface area contributed by atoms with Gasteiger partial charge < -0.3 is 0 Å². The number of para-hydroxylation sites is 4. The fourth-order valence-corrected chi connectivity index (χ4v) is 6.60. The number of carbonyl (C=O) groups is 4. The van der Waals surface area contributed by atoms with E-state index in [4.69, 9.17) is 0 Å². The molecule has 8 heteroatoms. The number of hydrogen-bond acceptors (Lipinski definition) is 4. The van der Waals surface area contributed by atoms with Gasteiger partial charge in [0.15, 0.2) is 11.6 Å². The highest BCUT2D eigenvalue weighted by Gasteiger charge is 2.29. The van der Waals surface area contributed by atoms with Crippen molar-refractivity contribution in [2.24, 2.45) is 0 Å². The van der Waals surface area contributed by atoms with Crippen molar-refractivity contribution < 1.29 is 19.2 Å². The second kappa shape index (κ2) is 8.62. The summed E-state index contributed by atoms with van der Waals surface area (Å²) < 4.78 is 5.80. The predicted molar refractivity (Wildman–Crippen MR) is 167 cm³/mol.